The lowest BCUT2D eigenvalue weighted by Crippen LogP contribution is -2.37. The maximum atomic E-state index is 13.8. The van der Waals surface area contributed by atoms with E-state index in [1.165, 1.54) is 11.6 Å². The normalized spacial score (nSPS) is 19.4. The summed E-state index contributed by atoms with van der Waals surface area (Å²) in [5.41, 5.74) is 0.230. The lowest BCUT2D eigenvalue weighted by Gasteiger charge is -2.27. The van der Waals surface area contributed by atoms with Crippen molar-refractivity contribution in [2.45, 2.75) is 38.0 Å². The first kappa shape index (κ1) is 22.3. The molecule has 6 nitrogen and oxygen atoms in total. The number of ether oxygens (including phenoxy) is 2. The van der Waals surface area contributed by atoms with Crippen LogP contribution in [-0.2, 0) is 13.1 Å². The van der Waals surface area contributed by atoms with E-state index in [0.717, 1.165) is 38.3 Å². The highest BCUT2D eigenvalue weighted by Gasteiger charge is 2.31. The van der Waals surface area contributed by atoms with Gasteiger partial charge in [0.25, 0.3) is 0 Å². The summed E-state index contributed by atoms with van der Waals surface area (Å²) in [5, 5.41) is 11.0. The zero-order valence-corrected chi connectivity index (χ0v) is 18.2. The van der Waals surface area contributed by atoms with Crippen LogP contribution in [0.3, 0.4) is 0 Å². The van der Waals surface area contributed by atoms with Gasteiger partial charge in [-0.2, -0.15) is 0 Å². The van der Waals surface area contributed by atoms with Crippen LogP contribution in [0.5, 0.6) is 11.5 Å². The number of halogens is 1. The van der Waals surface area contributed by atoms with E-state index < -0.39 is 11.4 Å². The van der Waals surface area contributed by atoms with E-state index in [1.807, 2.05) is 22.9 Å². The maximum absolute atomic E-state index is 13.8. The molecule has 2 aromatic carbocycles. The lowest BCUT2D eigenvalue weighted by atomic mass is 9.96. The summed E-state index contributed by atoms with van der Waals surface area (Å²) in [6, 6.07) is 14.5. The van der Waals surface area contributed by atoms with Crippen LogP contribution in [0.2, 0.25) is 0 Å². The molecule has 1 aliphatic rings. The highest BCUT2D eigenvalue weighted by atomic mass is 19.1. The Kier molecular flexibility index (Phi) is 7.39. The van der Waals surface area contributed by atoms with E-state index in [-0.39, 0.29) is 12.4 Å². The fraction of sp³-hybridized carbons (Fsp3) is 0.400. The molecule has 0 bridgehead atoms. The highest BCUT2D eigenvalue weighted by Crippen LogP contribution is 2.26. The molecule has 1 saturated heterocycles. The quantitative estimate of drug-likeness (QED) is 0.548. The Hall–Kier alpha value is -2.90. The molecule has 0 spiro atoms. The second kappa shape index (κ2) is 10.6. The number of para-hydroxylation sites is 1. The third kappa shape index (κ3) is 6.31. The largest absolute Gasteiger partial charge is 0.492 e. The molecular weight excluding hydrogens is 409 g/mol. The summed E-state index contributed by atoms with van der Waals surface area (Å²) >= 11 is 0. The van der Waals surface area contributed by atoms with Gasteiger partial charge in [0.1, 0.15) is 19.0 Å². The highest BCUT2D eigenvalue weighted by molar-refractivity contribution is 5.28. The van der Waals surface area contributed by atoms with Gasteiger partial charge in [-0.15, -0.1) is 0 Å². The van der Waals surface area contributed by atoms with Crippen molar-refractivity contribution in [2.75, 3.05) is 26.3 Å². The molecule has 1 aliphatic heterocycles. The summed E-state index contributed by atoms with van der Waals surface area (Å²) < 4.78 is 27.3. The monoisotopic (exact) mass is 439 g/mol. The van der Waals surface area contributed by atoms with Crippen molar-refractivity contribution in [2.24, 2.45) is 0 Å². The zero-order valence-electron chi connectivity index (χ0n) is 18.2. The van der Waals surface area contributed by atoms with Gasteiger partial charge >= 0.3 is 0 Å². The number of nitrogens with zero attached hydrogens (tertiary/aromatic N) is 3. The van der Waals surface area contributed by atoms with Crippen molar-refractivity contribution in [1.82, 2.24) is 14.5 Å². The molecule has 3 aromatic rings. The smallest absolute Gasteiger partial charge is 0.165 e. The van der Waals surface area contributed by atoms with Gasteiger partial charge < -0.3 is 19.1 Å². The molecule has 0 aliphatic carbocycles. The predicted octanol–water partition coefficient (Wildman–Crippen LogP) is 3.90. The molecule has 0 unspecified atom stereocenters. The first-order valence-corrected chi connectivity index (χ1v) is 11.1. The van der Waals surface area contributed by atoms with Crippen LogP contribution in [0.15, 0.2) is 67.3 Å². The van der Waals surface area contributed by atoms with Crippen molar-refractivity contribution >= 4 is 0 Å². The predicted molar refractivity (Wildman–Crippen MR) is 120 cm³/mol. The van der Waals surface area contributed by atoms with Crippen LogP contribution in [0.4, 0.5) is 4.39 Å². The van der Waals surface area contributed by atoms with Gasteiger partial charge in [-0.05, 0) is 55.6 Å². The minimum atomic E-state index is -0.949. The van der Waals surface area contributed by atoms with E-state index in [1.54, 1.807) is 30.7 Å². The second-order valence-corrected chi connectivity index (χ2v) is 8.37. The summed E-state index contributed by atoms with van der Waals surface area (Å²) in [7, 11) is 0. The van der Waals surface area contributed by atoms with E-state index in [2.05, 4.69) is 22.0 Å². The van der Waals surface area contributed by atoms with E-state index >= 15 is 0 Å². The summed E-state index contributed by atoms with van der Waals surface area (Å²) in [6.45, 7) is 3.88. The number of likely N-dealkylation sites (tertiary alicyclic amines) is 1. The van der Waals surface area contributed by atoms with E-state index in [0.29, 0.717) is 19.4 Å². The zero-order chi connectivity index (χ0) is 22.2. The fourth-order valence-electron chi connectivity index (χ4n) is 3.99. The molecule has 0 radical (unpaired) electrons. The Balaban J connectivity index is 1.26. The SMILES string of the molecule is O[C@@]1(COc2ccccc2F)CCCN(Cc2cccc(OCCn3ccnc3)c2)CC1. The number of aliphatic hydroxyl groups is 1. The third-order valence-corrected chi connectivity index (χ3v) is 5.82. The standard InChI is InChI=1S/C25H30FN3O3/c26-23-7-1-2-8-24(23)32-19-25(30)9-4-12-28(13-10-25)18-21-5-3-6-22(17-21)31-16-15-29-14-11-27-20-29/h1-3,5-8,11,14,17,20,30H,4,9-10,12-13,15-16,18-19H2/t25-/m0/s1. The average molecular weight is 440 g/mol. The molecule has 7 heteroatoms. The van der Waals surface area contributed by atoms with Gasteiger partial charge in [0.15, 0.2) is 11.6 Å². The average Bonchev–Trinajstić information content (AvgIpc) is 3.24. The van der Waals surface area contributed by atoms with Crippen molar-refractivity contribution in [3.63, 3.8) is 0 Å². The molecule has 32 heavy (non-hydrogen) atoms. The number of benzene rings is 2. The Morgan fingerprint density at radius 2 is 1.97 bits per heavy atom. The molecule has 1 N–H and O–H groups in total. The number of aromatic nitrogens is 2. The number of hydrogen-bond acceptors (Lipinski definition) is 5. The maximum Gasteiger partial charge on any atom is 0.165 e. The van der Waals surface area contributed by atoms with Crippen molar-refractivity contribution in [3.05, 3.63) is 78.6 Å². The third-order valence-electron chi connectivity index (χ3n) is 5.82. The van der Waals surface area contributed by atoms with Gasteiger partial charge in [-0.1, -0.05) is 24.3 Å². The first-order chi connectivity index (χ1) is 15.6. The molecule has 0 saturated carbocycles. The van der Waals surface area contributed by atoms with Gasteiger partial charge in [0, 0.05) is 25.5 Å². The Morgan fingerprint density at radius 1 is 1.06 bits per heavy atom. The molecule has 170 valence electrons. The van der Waals surface area contributed by atoms with Crippen LogP contribution < -0.4 is 9.47 Å². The van der Waals surface area contributed by atoms with Gasteiger partial charge in [0.05, 0.1) is 18.5 Å². The minimum Gasteiger partial charge on any atom is -0.492 e. The Labute approximate surface area is 188 Å². The Morgan fingerprint density at radius 3 is 2.81 bits per heavy atom. The fourth-order valence-corrected chi connectivity index (χ4v) is 3.99. The van der Waals surface area contributed by atoms with Gasteiger partial charge in [-0.25, -0.2) is 9.37 Å². The van der Waals surface area contributed by atoms with Gasteiger partial charge in [-0.3, -0.25) is 4.90 Å². The lowest BCUT2D eigenvalue weighted by molar-refractivity contribution is -0.0177. The van der Waals surface area contributed by atoms with Crippen LogP contribution >= 0.6 is 0 Å². The van der Waals surface area contributed by atoms with Crippen molar-refractivity contribution < 1.29 is 19.0 Å². The molecule has 2 heterocycles. The number of imidazole rings is 1. The summed E-state index contributed by atoms with van der Waals surface area (Å²) in [5.74, 6) is 0.637. The van der Waals surface area contributed by atoms with Crippen LogP contribution in [0.25, 0.3) is 0 Å². The van der Waals surface area contributed by atoms with Crippen molar-refractivity contribution in [3.8, 4) is 11.5 Å². The van der Waals surface area contributed by atoms with Gasteiger partial charge in [0.2, 0.25) is 0 Å². The Bertz CT molecular complexity index is 982. The molecule has 1 atom stereocenters. The van der Waals surface area contributed by atoms with Crippen LogP contribution in [-0.4, -0.2) is 51.5 Å². The van der Waals surface area contributed by atoms with Crippen LogP contribution in [0, 0.1) is 5.82 Å². The molecule has 1 fully saturated rings. The summed E-state index contributed by atoms with van der Waals surface area (Å²) in [6.07, 6.45) is 7.54. The second-order valence-electron chi connectivity index (χ2n) is 8.37. The van der Waals surface area contributed by atoms with Crippen molar-refractivity contribution in [1.29, 1.82) is 0 Å². The minimum absolute atomic E-state index is 0.0992. The number of rotatable bonds is 9. The molecule has 4 rings (SSSR count). The summed E-state index contributed by atoms with van der Waals surface area (Å²) in [4.78, 5) is 6.37. The topological polar surface area (TPSA) is 59.8 Å². The molecule has 0 amide bonds. The number of hydrogen-bond donors (Lipinski definition) is 1. The van der Waals surface area contributed by atoms with E-state index in [9.17, 15) is 9.50 Å². The van der Waals surface area contributed by atoms with Crippen LogP contribution in [0.1, 0.15) is 24.8 Å². The molecule has 1 aromatic heterocycles. The first-order valence-electron chi connectivity index (χ1n) is 11.1. The van der Waals surface area contributed by atoms with E-state index in [4.69, 9.17) is 9.47 Å². The molecular formula is C25H30FN3O3.